The Kier molecular flexibility index (Phi) is 5.05. The second kappa shape index (κ2) is 7.66. The molecule has 0 atom stereocenters. The van der Waals surface area contributed by atoms with E-state index in [1.165, 1.54) is 16.9 Å². The number of hydrogen-bond acceptors (Lipinski definition) is 4. The monoisotopic (exact) mass is 391 g/mol. The van der Waals surface area contributed by atoms with Gasteiger partial charge in [-0.2, -0.15) is 0 Å². The van der Waals surface area contributed by atoms with Crippen molar-refractivity contribution in [1.29, 1.82) is 5.41 Å². The lowest BCUT2D eigenvalue weighted by Crippen LogP contribution is -2.40. The first-order valence-corrected chi connectivity index (χ1v) is 10.0. The minimum atomic E-state index is -0.310. The highest BCUT2D eigenvalue weighted by Crippen LogP contribution is 2.18. The minimum Gasteiger partial charge on any atom is -0.349 e. The number of pyridine rings is 2. The minimum absolute atomic E-state index is 0.0362. The second-order valence-corrected chi connectivity index (χ2v) is 7.70. The van der Waals surface area contributed by atoms with Gasteiger partial charge in [0, 0.05) is 18.8 Å². The summed E-state index contributed by atoms with van der Waals surface area (Å²) in [5.41, 5.74) is 1.80. The third-order valence-electron chi connectivity index (χ3n) is 5.55. The van der Waals surface area contributed by atoms with Crippen LogP contribution in [-0.2, 0) is 6.54 Å². The maximum atomic E-state index is 13.2. The number of nitrogens with one attached hydrogen (secondary N) is 2. The highest BCUT2D eigenvalue weighted by Gasteiger charge is 2.21. The summed E-state index contributed by atoms with van der Waals surface area (Å²) in [6.07, 6.45) is 8.67. The number of carbonyl (C=O) groups excluding carboxylic acids is 1. The van der Waals surface area contributed by atoms with Gasteiger partial charge in [0.05, 0.1) is 10.9 Å². The van der Waals surface area contributed by atoms with Gasteiger partial charge in [-0.15, -0.1) is 6.58 Å². The molecule has 1 fully saturated rings. The van der Waals surface area contributed by atoms with Gasteiger partial charge in [0.2, 0.25) is 0 Å². The van der Waals surface area contributed by atoms with E-state index in [1.807, 2.05) is 13.0 Å². The van der Waals surface area contributed by atoms with Gasteiger partial charge in [-0.05, 0) is 37.5 Å². The number of hydrogen-bond donors (Lipinski definition) is 2. The molecular formula is C22H25N5O2. The van der Waals surface area contributed by atoms with Gasteiger partial charge in [0.25, 0.3) is 11.5 Å². The third kappa shape index (κ3) is 3.48. The van der Waals surface area contributed by atoms with Crippen molar-refractivity contribution >= 4 is 22.6 Å². The average molecular weight is 391 g/mol. The lowest BCUT2D eigenvalue weighted by molar-refractivity contribution is 0.0925. The van der Waals surface area contributed by atoms with Gasteiger partial charge in [0.15, 0.2) is 0 Å². The van der Waals surface area contributed by atoms with Crippen molar-refractivity contribution in [3.8, 4) is 0 Å². The first-order valence-electron chi connectivity index (χ1n) is 10.0. The van der Waals surface area contributed by atoms with E-state index in [4.69, 9.17) is 5.41 Å². The smallest absolute Gasteiger partial charge is 0.267 e. The molecule has 0 aliphatic heterocycles. The fourth-order valence-electron chi connectivity index (χ4n) is 4.03. The standard InChI is InChI=1S/C22H25N5O2/c1-3-11-26-19(23)16(21(28)24-15-7-5-4-6-8-15)12-17-20(26)25-18-10-9-14(2)13-27(18)22(17)29/h3,9-10,12-13,15,23H,1,4-8,11H2,2H3,(H,24,28). The number of allylic oxidation sites excluding steroid dienone is 1. The van der Waals surface area contributed by atoms with Gasteiger partial charge in [-0.25, -0.2) is 4.98 Å². The molecule has 1 aliphatic carbocycles. The Bertz CT molecular complexity index is 1230. The number of amides is 1. The Morgan fingerprint density at radius 2 is 2.10 bits per heavy atom. The molecule has 0 saturated heterocycles. The summed E-state index contributed by atoms with van der Waals surface area (Å²) < 4.78 is 3.06. The summed E-state index contributed by atoms with van der Waals surface area (Å²) in [5, 5.41) is 12.0. The molecule has 7 heteroatoms. The van der Waals surface area contributed by atoms with E-state index < -0.39 is 0 Å². The zero-order valence-electron chi connectivity index (χ0n) is 16.6. The van der Waals surface area contributed by atoms with E-state index >= 15 is 0 Å². The first-order chi connectivity index (χ1) is 14.0. The fraction of sp³-hybridized carbons (Fsp3) is 0.364. The van der Waals surface area contributed by atoms with Crippen LogP contribution < -0.4 is 16.4 Å². The van der Waals surface area contributed by atoms with Crippen molar-refractivity contribution in [3.63, 3.8) is 0 Å². The van der Waals surface area contributed by atoms with Crippen LogP contribution >= 0.6 is 0 Å². The summed E-state index contributed by atoms with van der Waals surface area (Å²) in [6, 6.07) is 5.30. The molecule has 1 saturated carbocycles. The van der Waals surface area contributed by atoms with Crippen LogP contribution in [0.1, 0.15) is 48.0 Å². The lowest BCUT2D eigenvalue weighted by atomic mass is 9.95. The molecule has 0 spiro atoms. The van der Waals surface area contributed by atoms with E-state index in [9.17, 15) is 9.59 Å². The molecule has 1 aliphatic rings. The molecule has 0 aromatic carbocycles. The Balaban J connectivity index is 1.92. The van der Waals surface area contributed by atoms with Gasteiger partial charge in [-0.3, -0.25) is 19.4 Å². The van der Waals surface area contributed by atoms with Crippen molar-refractivity contribution in [2.24, 2.45) is 0 Å². The van der Waals surface area contributed by atoms with Crippen LogP contribution in [0.5, 0.6) is 0 Å². The van der Waals surface area contributed by atoms with Crippen molar-refractivity contribution < 1.29 is 4.79 Å². The van der Waals surface area contributed by atoms with Gasteiger partial charge in [0.1, 0.15) is 16.8 Å². The summed E-state index contributed by atoms with van der Waals surface area (Å²) in [5.74, 6) is -0.310. The zero-order valence-corrected chi connectivity index (χ0v) is 16.6. The molecule has 7 nitrogen and oxygen atoms in total. The van der Waals surface area contributed by atoms with Crippen LogP contribution in [0.2, 0.25) is 0 Å². The maximum Gasteiger partial charge on any atom is 0.267 e. The van der Waals surface area contributed by atoms with E-state index in [0.29, 0.717) is 16.7 Å². The molecule has 3 aromatic rings. The molecule has 3 heterocycles. The van der Waals surface area contributed by atoms with E-state index in [-0.39, 0.29) is 35.1 Å². The molecule has 2 N–H and O–H groups in total. The number of carbonyl (C=O) groups is 1. The molecule has 29 heavy (non-hydrogen) atoms. The highest BCUT2D eigenvalue weighted by molar-refractivity contribution is 5.97. The van der Waals surface area contributed by atoms with Crippen molar-refractivity contribution in [3.05, 3.63) is 64.0 Å². The molecule has 4 rings (SSSR count). The van der Waals surface area contributed by atoms with Crippen LogP contribution in [-0.4, -0.2) is 25.9 Å². The highest BCUT2D eigenvalue weighted by atomic mass is 16.2. The Morgan fingerprint density at radius 3 is 2.83 bits per heavy atom. The van der Waals surface area contributed by atoms with E-state index in [2.05, 4.69) is 16.9 Å². The normalized spacial score (nSPS) is 14.9. The van der Waals surface area contributed by atoms with E-state index in [0.717, 1.165) is 31.2 Å². The van der Waals surface area contributed by atoms with E-state index in [1.54, 1.807) is 22.9 Å². The van der Waals surface area contributed by atoms with Gasteiger partial charge in [-0.1, -0.05) is 31.4 Å². The van der Waals surface area contributed by atoms with Crippen LogP contribution in [0.25, 0.3) is 16.7 Å². The Morgan fingerprint density at radius 1 is 1.34 bits per heavy atom. The Labute approximate surface area is 168 Å². The molecule has 150 valence electrons. The zero-order chi connectivity index (χ0) is 20.5. The average Bonchev–Trinajstić information content (AvgIpc) is 2.71. The molecule has 0 unspecified atom stereocenters. The van der Waals surface area contributed by atoms with Crippen molar-refractivity contribution in [2.45, 2.75) is 51.6 Å². The van der Waals surface area contributed by atoms with Crippen LogP contribution in [0.3, 0.4) is 0 Å². The summed E-state index contributed by atoms with van der Waals surface area (Å²) >= 11 is 0. The van der Waals surface area contributed by atoms with Gasteiger partial charge < -0.3 is 9.88 Å². The molecule has 0 bridgehead atoms. The molecular weight excluding hydrogens is 366 g/mol. The third-order valence-corrected chi connectivity index (χ3v) is 5.55. The predicted octanol–water partition coefficient (Wildman–Crippen LogP) is 2.69. The van der Waals surface area contributed by atoms with Crippen LogP contribution in [0.15, 0.2) is 41.8 Å². The molecule has 0 radical (unpaired) electrons. The second-order valence-electron chi connectivity index (χ2n) is 7.70. The fourth-order valence-corrected chi connectivity index (χ4v) is 4.03. The Hall–Kier alpha value is -3.22. The topological polar surface area (TPSA) is 92.2 Å². The number of aromatic nitrogens is 3. The number of aryl methyl sites for hydroxylation is 1. The van der Waals surface area contributed by atoms with Crippen molar-refractivity contribution in [2.75, 3.05) is 0 Å². The number of nitrogens with zero attached hydrogens (tertiary/aromatic N) is 3. The summed E-state index contributed by atoms with van der Waals surface area (Å²) in [6.45, 7) is 5.95. The number of fused-ring (bicyclic) bond motifs is 2. The summed E-state index contributed by atoms with van der Waals surface area (Å²) in [7, 11) is 0. The quantitative estimate of drug-likeness (QED) is 0.529. The van der Waals surface area contributed by atoms with Gasteiger partial charge >= 0.3 is 0 Å². The molecule has 1 amide bonds. The summed E-state index contributed by atoms with van der Waals surface area (Å²) in [4.78, 5) is 30.7. The van der Waals surface area contributed by atoms with Crippen LogP contribution in [0, 0.1) is 12.3 Å². The maximum absolute atomic E-state index is 13.2. The predicted molar refractivity (Wildman–Crippen MR) is 112 cm³/mol. The lowest BCUT2D eigenvalue weighted by Gasteiger charge is -2.23. The first kappa shape index (κ1) is 19.1. The molecule has 3 aromatic heterocycles. The van der Waals surface area contributed by atoms with Crippen molar-refractivity contribution in [1.82, 2.24) is 19.3 Å². The SMILES string of the molecule is C=CCn1c(=N)c(C(=O)NC2CCCCC2)cc2c(=O)n3cc(C)ccc3nc21. The number of rotatable bonds is 4. The largest absolute Gasteiger partial charge is 0.349 e. The van der Waals surface area contributed by atoms with Crippen LogP contribution in [0.4, 0.5) is 0 Å².